The number of hydrogen-bond donors (Lipinski definition) is 0. The molecule has 1 heterocycles. The fraction of sp³-hybridized carbons (Fsp3) is 0.167. The molecule has 0 aliphatic carbocycles. The lowest BCUT2D eigenvalue weighted by Crippen LogP contribution is -2.01. The van der Waals surface area contributed by atoms with E-state index >= 15 is 0 Å². The quantitative estimate of drug-likeness (QED) is 0.779. The van der Waals surface area contributed by atoms with Crippen LogP contribution in [0.4, 0.5) is 0 Å². The highest BCUT2D eigenvalue weighted by Crippen LogP contribution is 2.25. The molecule has 17 heavy (non-hydrogen) atoms. The maximum absolute atomic E-state index is 11.4. The molecule has 5 heteroatoms. The normalized spacial score (nSPS) is 10.6. The van der Waals surface area contributed by atoms with Gasteiger partial charge in [0.25, 0.3) is 0 Å². The predicted octanol–water partition coefficient (Wildman–Crippen LogP) is 3.69. The molecule has 0 saturated carbocycles. The molecule has 0 radical (unpaired) electrons. The van der Waals surface area contributed by atoms with E-state index < -0.39 is 0 Å². The van der Waals surface area contributed by atoms with Crippen LogP contribution in [0.15, 0.2) is 24.4 Å². The summed E-state index contributed by atoms with van der Waals surface area (Å²) in [4.78, 5) is 11.4. The minimum absolute atomic E-state index is 0.0214. The number of carbonyl (C=O) groups is 1. The molecule has 0 atom stereocenters. The first kappa shape index (κ1) is 12.1. The second-order valence-electron chi connectivity index (χ2n) is 3.71. The Morgan fingerprint density at radius 1 is 1.35 bits per heavy atom. The molecule has 3 nitrogen and oxygen atoms in total. The number of Topliss-reactive ketones (excluding diaryl/α,β-unsaturated/α-hetero) is 1. The van der Waals surface area contributed by atoms with E-state index in [1.54, 1.807) is 22.9 Å². The number of nitrogens with zero attached hydrogens (tertiary/aromatic N) is 2. The zero-order valence-corrected chi connectivity index (χ0v) is 10.9. The van der Waals surface area contributed by atoms with Gasteiger partial charge in [-0.1, -0.05) is 23.2 Å². The predicted molar refractivity (Wildman–Crippen MR) is 68.3 cm³/mol. The topological polar surface area (TPSA) is 34.9 Å². The fourth-order valence-corrected chi connectivity index (χ4v) is 2.01. The maximum atomic E-state index is 11.4. The van der Waals surface area contributed by atoms with Crippen molar-refractivity contribution in [1.29, 1.82) is 0 Å². The molecule has 88 valence electrons. The summed E-state index contributed by atoms with van der Waals surface area (Å²) in [6.45, 7) is 3.33. The minimum atomic E-state index is -0.0214. The van der Waals surface area contributed by atoms with E-state index in [2.05, 4.69) is 5.10 Å². The zero-order chi connectivity index (χ0) is 12.6. The van der Waals surface area contributed by atoms with Gasteiger partial charge >= 0.3 is 0 Å². The van der Waals surface area contributed by atoms with Crippen molar-refractivity contribution in [1.82, 2.24) is 9.78 Å². The number of halogens is 2. The van der Waals surface area contributed by atoms with Crippen molar-refractivity contribution in [3.8, 4) is 5.69 Å². The highest BCUT2D eigenvalue weighted by molar-refractivity contribution is 6.34. The summed E-state index contributed by atoms with van der Waals surface area (Å²) in [5.74, 6) is -0.0214. The molecule has 0 aliphatic heterocycles. The number of rotatable bonds is 2. The fourth-order valence-electron chi connectivity index (χ4n) is 1.65. The summed E-state index contributed by atoms with van der Waals surface area (Å²) in [5, 5.41) is 5.27. The Kier molecular flexibility index (Phi) is 3.22. The molecular formula is C12H10Cl2N2O. The van der Waals surface area contributed by atoms with Crippen LogP contribution >= 0.6 is 23.2 Å². The Bertz CT molecular complexity index is 590. The van der Waals surface area contributed by atoms with Gasteiger partial charge in [0.15, 0.2) is 5.78 Å². The number of hydrogen-bond acceptors (Lipinski definition) is 2. The highest BCUT2D eigenvalue weighted by atomic mass is 35.5. The van der Waals surface area contributed by atoms with Gasteiger partial charge in [-0.2, -0.15) is 5.10 Å². The molecule has 0 bridgehead atoms. The number of benzene rings is 1. The Hall–Kier alpha value is -1.32. The Morgan fingerprint density at radius 3 is 2.65 bits per heavy atom. The summed E-state index contributed by atoms with van der Waals surface area (Å²) in [7, 11) is 0. The van der Waals surface area contributed by atoms with E-state index in [9.17, 15) is 4.79 Å². The van der Waals surface area contributed by atoms with Crippen LogP contribution < -0.4 is 0 Å². The summed E-state index contributed by atoms with van der Waals surface area (Å²) in [5.41, 5.74) is 2.01. The minimum Gasteiger partial charge on any atom is -0.294 e. The van der Waals surface area contributed by atoms with Crippen LogP contribution in [0.1, 0.15) is 23.0 Å². The smallest absolute Gasteiger partial charge is 0.163 e. The van der Waals surface area contributed by atoms with Crippen molar-refractivity contribution in [2.24, 2.45) is 0 Å². The molecule has 0 unspecified atom stereocenters. The van der Waals surface area contributed by atoms with E-state index in [0.29, 0.717) is 21.3 Å². The second kappa shape index (κ2) is 4.51. The summed E-state index contributed by atoms with van der Waals surface area (Å²) >= 11 is 12.0. The summed E-state index contributed by atoms with van der Waals surface area (Å²) < 4.78 is 1.62. The third-order valence-corrected chi connectivity index (χ3v) is 3.08. The van der Waals surface area contributed by atoms with Gasteiger partial charge in [0.1, 0.15) is 0 Å². The van der Waals surface area contributed by atoms with Gasteiger partial charge in [0, 0.05) is 5.02 Å². The molecule has 0 spiro atoms. The molecule has 0 aliphatic rings. The lowest BCUT2D eigenvalue weighted by Gasteiger charge is -2.07. The van der Waals surface area contributed by atoms with Crippen molar-refractivity contribution >= 4 is 29.0 Å². The van der Waals surface area contributed by atoms with Gasteiger partial charge in [0.2, 0.25) is 0 Å². The highest BCUT2D eigenvalue weighted by Gasteiger charge is 2.13. The summed E-state index contributed by atoms with van der Waals surface area (Å²) in [6.07, 6.45) is 1.54. The lowest BCUT2D eigenvalue weighted by molar-refractivity contribution is 0.101. The standard InChI is InChI=1S/C12H10Cl2N2O/c1-7-10(8(2)17)6-15-16(7)12-5-9(13)3-4-11(12)14/h3-6H,1-2H3. The van der Waals surface area contributed by atoms with E-state index in [1.807, 2.05) is 6.92 Å². The third kappa shape index (κ3) is 2.21. The Morgan fingerprint density at radius 2 is 2.06 bits per heavy atom. The molecule has 0 amide bonds. The van der Waals surface area contributed by atoms with Gasteiger partial charge in [0.05, 0.1) is 28.2 Å². The van der Waals surface area contributed by atoms with Crippen LogP contribution in [0.5, 0.6) is 0 Å². The molecule has 0 saturated heterocycles. The van der Waals surface area contributed by atoms with Crippen molar-refractivity contribution in [3.63, 3.8) is 0 Å². The third-order valence-electron chi connectivity index (χ3n) is 2.53. The van der Waals surface area contributed by atoms with Crippen LogP contribution in [-0.2, 0) is 0 Å². The maximum Gasteiger partial charge on any atom is 0.163 e. The van der Waals surface area contributed by atoms with Gasteiger partial charge in [-0.3, -0.25) is 4.79 Å². The van der Waals surface area contributed by atoms with Crippen LogP contribution in [0.2, 0.25) is 10.0 Å². The first-order valence-electron chi connectivity index (χ1n) is 5.01. The summed E-state index contributed by atoms with van der Waals surface area (Å²) in [6, 6.07) is 5.12. The number of carbonyl (C=O) groups excluding carboxylic acids is 1. The molecule has 0 N–H and O–H groups in total. The van der Waals surface area contributed by atoms with Crippen molar-refractivity contribution < 1.29 is 4.79 Å². The number of ketones is 1. The van der Waals surface area contributed by atoms with E-state index in [4.69, 9.17) is 23.2 Å². The largest absolute Gasteiger partial charge is 0.294 e. The van der Waals surface area contributed by atoms with E-state index in [0.717, 1.165) is 5.69 Å². The van der Waals surface area contributed by atoms with Gasteiger partial charge in [-0.15, -0.1) is 0 Å². The van der Waals surface area contributed by atoms with Crippen molar-refractivity contribution in [2.45, 2.75) is 13.8 Å². The molecule has 2 aromatic rings. The monoisotopic (exact) mass is 268 g/mol. The first-order valence-corrected chi connectivity index (χ1v) is 5.77. The lowest BCUT2D eigenvalue weighted by atomic mass is 10.2. The van der Waals surface area contributed by atoms with E-state index in [-0.39, 0.29) is 5.78 Å². The van der Waals surface area contributed by atoms with E-state index in [1.165, 1.54) is 13.1 Å². The van der Waals surface area contributed by atoms with Crippen LogP contribution in [0.25, 0.3) is 5.69 Å². The molecule has 1 aromatic heterocycles. The van der Waals surface area contributed by atoms with Gasteiger partial charge in [-0.25, -0.2) is 4.68 Å². The van der Waals surface area contributed by atoms with Crippen LogP contribution in [0, 0.1) is 6.92 Å². The molecular weight excluding hydrogens is 259 g/mol. The SMILES string of the molecule is CC(=O)c1cnn(-c2cc(Cl)ccc2Cl)c1C. The Balaban J connectivity index is 2.61. The number of aromatic nitrogens is 2. The Labute approximate surface area is 109 Å². The van der Waals surface area contributed by atoms with Crippen molar-refractivity contribution in [3.05, 3.63) is 45.7 Å². The first-order chi connectivity index (χ1) is 8.00. The van der Waals surface area contributed by atoms with Gasteiger partial charge < -0.3 is 0 Å². The van der Waals surface area contributed by atoms with Gasteiger partial charge in [-0.05, 0) is 32.0 Å². The molecule has 0 fully saturated rings. The average Bonchev–Trinajstić information content (AvgIpc) is 2.64. The average molecular weight is 269 g/mol. The molecule has 1 aromatic carbocycles. The zero-order valence-electron chi connectivity index (χ0n) is 9.37. The van der Waals surface area contributed by atoms with Crippen molar-refractivity contribution in [2.75, 3.05) is 0 Å². The molecule has 2 rings (SSSR count). The van der Waals surface area contributed by atoms with Crippen LogP contribution in [0.3, 0.4) is 0 Å². The second-order valence-corrected chi connectivity index (χ2v) is 4.55. The van der Waals surface area contributed by atoms with Crippen LogP contribution in [-0.4, -0.2) is 15.6 Å².